The maximum Gasteiger partial charge on any atom is 0.271 e. The maximum atomic E-state index is 12.4. The molecule has 0 saturated heterocycles. The number of carbonyl (C=O) groups is 1. The van der Waals surface area contributed by atoms with E-state index in [4.69, 9.17) is 4.74 Å². The van der Waals surface area contributed by atoms with Crippen LogP contribution in [0.1, 0.15) is 16.1 Å². The van der Waals surface area contributed by atoms with Crippen LogP contribution in [0, 0.1) is 0 Å². The van der Waals surface area contributed by atoms with Gasteiger partial charge in [0, 0.05) is 32.6 Å². The zero-order valence-electron chi connectivity index (χ0n) is 13.2. The average molecular weight is 343 g/mol. The van der Waals surface area contributed by atoms with Crippen LogP contribution in [0.15, 0.2) is 36.0 Å². The number of ether oxygens (including phenoxy) is 1. The second kappa shape index (κ2) is 7.80. The number of thiophene rings is 1. The van der Waals surface area contributed by atoms with Gasteiger partial charge in [0.2, 0.25) is 5.95 Å². The summed E-state index contributed by atoms with van der Waals surface area (Å²) in [5.74, 6) is 0.188. The Balaban J connectivity index is 1.80. The Morgan fingerprint density at radius 3 is 3.04 bits per heavy atom. The molecule has 0 aliphatic carbocycles. The van der Waals surface area contributed by atoms with Gasteiger partial charge in [-0.1, -0.05) is 6.07 Å². The molecule has 0 saturated carbocycles. The number of nitrogens with zero attached hydrogens (tertiary/aromatic N) is 3. The van der Waals surface area contributed by atoms with Gasteiger partial charge in [-0.3, -0.25) is 9.78 Å². The molecule has 7 nitrogen and oxygen atoms in total. The highest BCUT2D eigenvalue weighted by Gasteiger charge is 2.15. The molecule has 1 amide bonds. The van der Waals surface area contributed by atoms with Gasteiger partial charge in [0.25, 0.3) is 5.91 Å². The van der Waals surface area contributed by atoms with Crippen molar-refractivity contribution in [2.24, 2.45) is 0 Å². The summed E-state index contributed by atoms with van der Waals surface area (Å²) in [6.07, 6.45) is 3.49. The van der Waals surface area contributed by atoms with Crippen molar-refractivity contribution in [3.63, 3.8) is 0 Å². The van der Waals surface area contributed by atoms with Crippen molar-refractivity contribution in [3.8, 4) is 0 Å². The Labute approximate surface area is 143 Å². The number of fused-ring (bicyclic) bond motifs is 1. The van der Waals surface area contributed by atoms with Crippen LogP contribution in [0.4, 0.5) is 5.95 Å². The summed E-state index contributed by atoms with van der Waals surface area (Å²) in [6.45, 7) is 1.43. The first-order valence-corrected chi connectivity index (χ1v) is 8.31. The zero-order valence-corrected chi connectivity index (χ0v) is 14.0. The summed E-state index contributed by atoms with van der Waals surface area (Å²) in [5, 5.41) is 7.84. The minimum atomic E-state index is -0.230. The highest BCUT2D eigenvalue weighted by molar-refractivity contribution is 7.17. The number of rotatable bonds is 7. The van der Waals surface area contributed by atoms with Gasteiger partial charge < -0.3 is 15.4 Å². The number of carbonyl (C=O) groups excluding carboxylic acids is 1. The summed E-state index contributed by atoms with van der Waals surface area (Å²) in [5.41, 5.74) is 2.14. The van der Waals surface area contributed by atoms with Gasteiger partial charge in [0.15, 0.2) is 5.69 Å². The molecular formula is C16H17N5O2S. The van der Waals surface area contributed by atoms with Crippen molar-refractivity contribution in [2.45, 2.75) is 6.54 Å². The highest BCUT2D eigenvalue weighted by Crippen LogP contribution is 2.23. The van der Waals surface area contributed by atoms with Crippen LogP contribution in [0.25, 0.3) is 10.2 Å². The molecule has 3 heterocycles. The summed E-state index contributed by atoms with van der Waals surface area (Å²) < 4.78 is 5.72. The standard InChI is InChI=1S/C16H17N5O2S/c1-23-7-6-18-15(22)13-14-12(4-8-24-14)20-16(21-13)19-10-11-3-2-5-17-9-11/h2-5,8-9H,6-7,10H2,1H3,(H,18,22)(H,19,20,21). The van der Waals surface area contributed by atoms with Gasteiger partial charge in [0.05, 0.1) is 16.8 Å². The third kappa shape index (κ3) is 3.84. The van der Waals surface area contributed by atoms with E-state index in [0.717, 1.165) is 15.8 Å². The lowest BCUT2D eigenvalue weighted by atomic mass is 10.3. The zero-order chi connectivity index (χ0) is 16.8. The Hall–Kier alpha value is -2.58. The summed E-state index contributed by atoms with van der Waals surface area (Å²) in [7, 11) is 1.59. The Bertz CT molecular complexity index is 822. The van der Waals surface area contributed by atoms with Crippen LogP contribution >= 0.6 is 11.3 Å². The van der Waals surface area contributed by atoms with Crippen molar-refractivity contribution in [1.29, 1.82) is 0 Å². The normalized spacial score (nSPS) is 10.7. The van der Waals surface area contributed by atoms with Crippen LogP contribution in [-0.2, 0) is 11.3 Å². The van der Waals surface area contributed by atoms with E-state index in [1.54, 1.807) is 19.5 Å². The van der Waals surface area contributed by atoms with Gasteiger partial charge >= 0.3 is 0 Å². The van der Waals surface area contributed by atoms with Crippen molar-refractivity contribution in [1.82, 2.24) is 20.3 Å². The molecule has 3 rings (SSSR count). The van der Waals surface area contributed by atoms with Gasteiger partial charge in [-0.2, -0.15) is 0 Å². The predicted molar refractivity (Wildman–Crippen MR) is 93.2 cm³/mol. The number of methoxy groups -OCH3 is 1. The number of anilines is 1. The Morgan fingerprint density at radius 1 is 1.33 bits per heavy atom. The van der Waals surface area contributed by atoms with E-state index in [1.807, 2.05) is 23.6 Å². The largest absolute Gasteiger partial charge is 0.383 e. The lowest BCUT2D eigenvalue weighted by molar-refractivity contribution is 0.0934. The van der Waals surface area contributed by atoms with Crippen LogP contribution in [0.2, 0.25) is 0 Å². The first-order valence-electron chi connectivity index (χ1n) is 7.43. The fraction of sp³-hybridized carbons (Fsp3) is 0.250. The van der Waals surface area contributed by atoms with Crippen molar-refractivity contribution in [2.75, 3.05) is 25.6 Å². The van der Waals surface area contributed by atoms with Crippen LogP contribution < -0.4 is 10.6 Å². The fourth-order valence-electron chi connectivity index (χ4n) is 2.13. The van der Waals surface area contributed by atoms with E-state index in [2.05, 4.69) is 25.6 Å². The number of hydrogen-bond donors (Lipinski definition) is 2. The number of aromatic nitrogens is 3. The molecule has 0 radical (unpaired) electrons. The second-order valence-electron chi connectivity index (χ2n) is 4.99. The molecule has 0 aliphatic heterocycles. The van der Waals surface area contributed by atoms with Gasteiger partial charge in [-0.15, -0.1) is 11.3 Å². The van der Waals surface area contributed by atoms with Crippen molar-refractivity contribution >= 4 is 33.4 Å². The van der Waals surface area contributed by atoms with Crippen LogP contribution in [-0.4, -0.2) is 41.1 Å². The van der Waals surface area contributed by atoms with E-state index in [9.17, 15) is 4.79 Å². The minimum Gasteiger partial charge on any atom is -0.383 e. The molecule has 3 aromatic heterocycles. The number of pyridine rings is 1. The third-order valence-electron chi connectivity index (χ3n) is 3.28. The van der Waals surface area contributed by atoms with E-state index in [-0.39, 0.29) is 5.91 Å². The fourth-order valence-corrected chi connectivity index (χ4v) is 2.95. The molecule has 0 aliphatic rings. The molecule has 0 atom stereocenters. The van der Waals surface area contributed by atoms with E-state index in [0.29, 0.717) is 31.3 Å². The molecule has 24 heavy (non-hydrogen) atoms. The average Bonchev–Trinajstić information content (AvgIpc) is 3.08. The van der Waals surface area contributed by atoms with E-state index >= 15 is 0 Å². The molecular weight excluding hydrogens is 326 g/mol. The summed E-state index contributed by atoms with van der Waals surface area (Å²) >= 11 is 1.45. The van der Waals surface area contributed by atoms with Crippen LogP contribution in [0.5, 0.6) is 0 Å². The number of amides is 1. The number of hydrogen-bond acceptors (Lipinski definition) is 7. The first kappa shape index (κ1) is 16.3. The Kier molecular flexibility index (Phi) is 5.29. The molecule has 0 aromatic carbocycles. The SMILES string of the molecule is COCCNC(=O)c1nc(NCc2cccnc2)nc2ccsc12. The molecule has 0 bridgehead atoms. The topological polar surface area (TPSA) is 89.0 Å². The molecule has 0 unspecified atom stereocenters. The smallest absolute Gasteiger partial charge is 0.271 e. The maximum absolute atomic E-state index is 12.4. The summed E-state index contributed by atoms with van der Waals surface area (Å²) in [6, 6.07) is 5.71. The lowest BCUT2D eigenvalue weighted by Gasteiger charge is -2.08. The highest BCUT2D eigenvalue weighted by atomic mass is 32.1. The quantitative estimate of drug-likeness (QED) is 0.639. The molecule has 8 heteroatoms. The van der Waals surface area contributed by atoms with E-state index < -0.39 is 0 Å². The number of nitrogens with one attached hydrogen (secondary N) is 2. The summed E-state index contributed by atoms with van der Waals surface area (Å²) in [4.78, 5) is 25.3. The predicted octanol–water partition coefficient (Wildman–Crippen LogP) is 2.07. The second-order valence-corrected chi connectivity index (χ2v) is 5.91. The van der Waals surface area contributed by atoms with Crippen LogP contribution in [0.3, 0.4) is 0 Å². The van der Waals surface area contributed by atoms with Gasteiger partial charge in [-0.05, 0) is 23.1 Å². The van der Waals surface area contributed by atoms with Gasteiger partial charge in [-0.25, -0.2) is 9.97 Å². The van der Waals surface area contributed by atoms with Crippen molar-refractivity contribution < 1.29 is 9.53 Å². The first-order chi connectivity index (χ1) is 11.8. The Morgan fingerprint density at radius 2 is 2.25 bits per heavy atom. The third-order valence-corrected chi connectivity index (χ3v) is 4.19. The lowest BCUT2D eigenvalue weighted by Crippen LogP contribution is -2.28. The molecule has 3 aromatic rings. The minimum absolute atomic E-state index is 0.230. The van der Waals surface area contributed by atoms with Crippen molar-refractivity contribution in [3.05, 3.63) is 47.2 Å². The van der Waals surface area contributed by atoms with E-state index in [1.165, 1.54) is 11.3 Å². The molecule has 2 N–H and O–H groups in total. The molecule has 0 spiro atoms. The monoisotopic (exact) mass is 343 g/mol. The van der Waals surface area contributed by atoms with Gasteiger partial charge in [0.1, 0.15) is 0 Å². The molecule has 124 valence electrons. The molecule has 0 fully saturated rings.